The van der Waals surface area contributed by atoms with Gasteiger partial charge in [0.15, 0.2) is 5.78 Å². The summed E-state index contributed by atoms with van der Waals surface area (Å²) in [5, 5.41) is 18.9. The number of alkyl halides is 2. The van der Waals surface area contributed by atoms with E-state index in [-0.39, 0.29) is 10.7 Å². The van der Waals surface area contributed by atoms with E-state index in [2.05, 4.69) is 11.9 Å². The molecule has 39 heavy (non-hydrogen) atoms. The maximum Gasteiger partial charge on any atom is 0.258 e. The maximum atomic E-state index is 15.1. The van der Waals surface area contributed by atoms with Crippen molar-refractivity contribution in [3.63, 3.8) is 0 Å². The number of methoxy groups -OCH3 is 1. The molecule has 0 radical (unpaired) electrons. The predicted molar refractivity (Wildman–Crippen MR) is 157 cm³/mol. The first-order valence-electron chi connectivity index (χ1n) is 12.3. The number of aryl methyl sites for hydroxylation is 1. The molecule has 0 aliphatic heterocycles. The second kappa shape index (κ2) is 13.2. The first-order valence-corrected chi connectivity index (χ1v) is 12.7. The summed E-state index contributed by atoms with van der Waals surface area (Å²) >= 11 is 5.51. The van der Waals surface area contributed by atoms with Crippen LogP contribution in [0.1, 0.15) is 46.6 Å². The zero-order valence-corrected chi connectivity index (χ0v) is 22.7. The molecule has 1 unspecified atom stereocenters. The van der Waals surface area contributed by atoms with Crippen molar-refractivity contribution in [3.05, 3.63) is 107 Å². The Balaban J connectivity index is 1.88. The average molecular weight is 548 g/mol. The van der Waals surface area contributed by atoms with Crippen LogP contribution in [0.15, 0.2) is 79.4 Å². The third-order valence-electron chi connectivity index (χ3n) is 6.48. The Hall–Kier alpha value is -4.04. The number of hydrogen-bond donors (Lipinski definition) is 3. The highest BCUT2D eigenvalue weighted by molar-refractivity contribution is 7.82. The SMILES string of the molecule is C=CCC(F)(F)C(CC(=O)C=N)c1cc(Cc2ccccc2NC(=S)C(=N)c2ccc(OC)cc2)ccc1C. The lowest BCUT2D eigenvalue weighted by molar-refractivity contribution is -0.115. The van der Waals surface area contributed by atoms with E-state index in [1.54, 1.807) is 50.4 Å². The summed E-state index contributed by atoms with van der Waals surface area (Å²) in [5.41, 5.74) is 4.16. The molecule has 3 rings (SSSR count). The number of carbonyl (C=O) groups is 1. The smallest absolute Gasteiger partial charge is 0.258 e. The molecule has 0 saturated heterocycles. The highest BCUT2D eigenvalue weighted by atomic mass is 32.1. The van der Waals surface area contributed by atoms with E-state index in [9.17, 15) is 4.79 Å². The number of para-hydroxylation sites is 1. The number of carbonyl (C=O) groups excluding carboxylic acids is 1. The van der Waals surface area contributed by atoms with Crippen LogP contribution >= 0.6 is 12.2 Å². The first kappa shape index (κ1) is 29.5. The Kier molecular flexibility index (Phi) is 9.95. The van der Waals surface area contributed by atoms with Crippen LogP contribution in [0.5, 0.6) is 5.75 Å². The van der Waals surface area contributed by atoms with Crippen LogP contribution in [-0.2, 0) is 11.2 Å². The summed E-state index contributed by atoms with van der Waals surface area (Å²) in [7, 11) is 1.57. The van der Waals surface area contributed by atoms with Gasteiger partial charge in [0.05, 0.1) is 25.0 Å². The second-order valence-electron chi connectivity index (χ2n) is 9.20. The Morgan fingerprint density at radius 1 is 1.15 bits per heavy atom. The molecular weight excluding hydrogens is 516 g/mol. The number of ether oxygens (including phenoxy) is 1. The van der Waals surface area contributed by atoms with E-state index in [1.165, 1.54) is 0 Å². The molecule has 8 heteroatoms. The normalized spacial score (nSPS) is 11.8. The summed E-state index contributed by atoms with van der Waals surface area (Å²) < 4.78 is 35.4. The predicted octanol–water partition coefficient (Wildman–Crippen LogP) is 7.31. The molecule has 0 aliphatic rings. The van der Waals surface area contributed by atoms with Crippen LogP contribution < -0.4 is 10.1 Å². The van der Waals surface area contributed by atoms with Gasteiger partial charge in [0.1, 0.15) is 10.7 Å². The summed E-state index contributed by atoms with van der Waals surface area (Å²) in [6, 6.07) is 19.9. The standard InChI is InChI=1S/C31H31F2N3O2S/c1-4-15-31(32,33)27(18-24(37)19-34)26-17-21(10-9-20(26)2)16-23-7-5-6-8-28(23)36-30(39)29(35)22-11-13-25(38-3)14-12-22/h4-14,17,19,27,34-35H,1,15-16,18H2,2-3H3,(H,36,39). The van der Waals surface area contributed by atoms with Crippen molar-refractivity contribution in [2.75, 3.05) is 12.4 Å². The van der Waals surface area contributed by atoms with Gasteiger partial charge in [0.2, 0.25) is 0 Å². The number of ketones is 1. The lowest BCUT2D eigenvalue weighted by atomic mass is 9.83. The molecule has 3 aromatic rings. The van der Waals surface area contributed by atoms with Crippen molar-refractivity contribution in [1.29, 1.82) is 10.8 Å². The monoisotopic (exact) mass is 547 g/mol. The maximum absolute atomic E-state index is 15.1. The highest BCUT2D eigenvalue weighted by Crippen LogP contribution is 2.41. The number of halogens is 2. The molecule has 0 fully saturated rings. The van der Waals surface area contributed by atoms with Gasteiger partial charge in [-0.05, 0) is 65.9 Å². The fourth-order valence-electron chi connectivity index (χ4n) is 4.35. The molecular formula is C31H31F2N3O2S. The third-order valence-corrected chi connectivity index (χ3v) is 6.78. The number of Topliss-reactive ketones (excluding diaryl/α,β-unsaturated/α-hetero) is 1. The quantitative estimate of drug-likeness (QED) is 0.119. The molecule has 5 nitrogen and oxygen atoms in total. The van der Waals surface area contributed by atoms with E-state index in [1.807, 2.05) is 30.3 Å². The molecule has 0 aliphatic carbocycles. The van der Waals surface area contributed by atoms with Gasteiger partial charge in [-0.15, -0.1) is 6.58 Å². The minimum atomic E-state index is -3.20. The van der Waals surface area contributed by atoms with Crippen molar-refractivity contribution in [2.24, 2.45) is 0 Å². The van der Waals surface area contributed by atoms with Crippen molar-refractivity contribution in [1.82, 2.24) is 0 Å². The molecule has 3 N–H and O–H groups in total. The lowest BCUT2D eigenvalue weighted by Gasteiger charge is -2.27. The van der Waals surface area contributed by atoms with Crippen LogP contribution in [0.3, 0.4) is 0 Å². The molecule has 0 spiro atoms. The van der Waals surface area contributed by atoms with Crippen molar-refractivity contribution in [2.45, 2.75) is 38.0 Å². The zero-order valence-electron chi connectivity index (χ0n) is 21.9. The van der Waals surface area contributed by atoms with Gasteiger partial charge in [0.25, 0.3) is 5.92 Å². The highest BCUT2D eigenvalue weighted by Gasteiger charge is 2.41. The van der Waals surface area contributed by atoms with E-state index < -0.39 is 30.5 Å². The number of hydrogen-bond acceptors (Lipinski definition) is 5. The van der Waals surface area contributed by atoms with Crippen molar-refractivity contribution in [3.8, 4) is 5.75 Å². The van der Waals surface area contributed by atoms with Gasteiger partial charge in [-0.2, -0.15) is 0 Å². The van der Waals surface area contributed by atoms with E-state index in [0.29, 0.717) is 40.8 Å². The molecule has 3 aromatic carbocycles. The lowest BCUT2D eigenvalue weighted by Crippen LogP contribution is -2.29. The topological polar surface area (TPSA) is 86.0 Å². The number of rotatable bonds is 13. The van der Waals surface area contributed by atoms with E-state index >= 15 is 8.78 Å². The van der Waals surface area contributed by atoms with Gasteiger partial charge in [0, 0.05) is 24.1 Å². The largest absolute Gasteiger partial charge is 0.497 e. The third kappa shape index (κ3) is 7.51. The Morgan fingerprint density at radius 2 is 1.85 bits per heavy atom. The fraction of sp³-hybridized carbons (Fsp3) is 0.226. The van der Waals surface area contributed by atoms with Gasteiger partial charge in [-0.1, -0.05) is 54.7 Å². The van der Waals surface area contributed by atoms with E-state index in [4.69, 9.17) is 27.8 Å². The molecule has 1 atom stereocenters. The Labute approximate surface area is 232 Å². The van der Waals surface area contributed by atoms with Crippen molar-refractivity contribution < 1.29 is 18.3 Å². The fourth-order valence-corrected chi connectivity index (χ4v) is 4.57. The van der Waals surface area contributed by atoms with Crippen molar-refractivity contribution >= 4 is 40.6 Å². The minimum Gasteiger partial charge on any atom is -0.497 e. The molecule has 202 valence electrons. The van der Waals surface area contributed by atoms with Crippen LogP contribution in [0.25, 0.3) is 0 Å². The van der Waals surface area contributed by atoms with Crippen LogP contribution in [0.4, 0.5) is 14.5 Å². The zero-order chi connectivity index (χ0) is 28.6. The summed E-state index contributed by atoms with van der Waals surface area (Å²) in [4.78, 5) is 12.3. The average Bonchev–Trinajstić information content (AvgIpc) is 2.93. The Morgan fingerprint density at radius 3 is 2.49 bits per heavy atom. The molecule has 0 aromatic heterocycles. The number of anilines is 1. The van der Waals surface area contributed by atoms with E-state index in [0.717, 1.165) is 17.2 Å². The molecule has 0 saturated carbocycles. The second-order valence-corrected chi connectivity index (χ2v) is 9.61. The summed E-state index contributed by atoms with van der Waals surface area (Å²) in [6.45, 7) is 5.18. The number of nitrogens with one attached hydrogen (secondary N) is 3. The van der Waals surface area contributed by atoms with Crippen LogP contribution in [0, 0.1) is 17.7 Å². The molecule has 0 bridgehead atoms. The number of allylic oxidation sites excluding steroid dienone is 1. The number of benzene rings is 3. The number of thiocarbonyl (C=S) groups is 1. The van der Waals surface area contributed by atoms with Gasteiger partial charge in [-0.25, -0.2) is 8.78 Å². The Bertz CT molecular complexity index is 1390. The van der Waals surface area contributed by atoms with Crippen LogP contribution in [-0.4, -0.2) is 35.7 Å². The van der Waals surface area contributed by atoms with Crippen LogP contribution in [0.2, 0.25) is 0 Å². The molecule has 0 heterocycles. The van der Waals surface area contributed by atoms with Gasteiger partial charge >= 0.3 is 0 Å². The summed E-state index contributed by atoms with van der Waals surface area (Å²) in [5.74, 6) is -4.55. The summed E-state index contributed by atoms with van der Waals surface area (Å²) in [6.07, 6.45) is 1.11. The van der Waals surface area contributed by atoms with Gasteiger partial charge < -0.3 is 15.5 Å². The molecule has 0 amide bonds. The minimum absolute atomic E-state index is 0.156. The first-order chi connectivity index (χ1) is 18.6. The van der Waals surface area contributed by atoms with Gasteiger partial charge in [-0.3, -0.25) is 10.2 Å².